The maximum atomic E-state index is 12.2. The molecule has 8 heteroatoms. The number of benzene rings is 1. The van der Waals surface area contributed by atoms with Crippen molar-refractivity contribution in [3.63, 3.8) is 0 Å². The summed E-state index contributed by atoms with van der Waals surface area (Å²) in [5, 5.41) is 17.8. The molecule has 0 fully saturated rings. The van der Waals surface area contributed by atoms with E-state index < -0.39 is 12.1 Å². The summed E-state index contributed by atoms with van der Waals surface area (Å²) in [6.07, 6.45) is -2.63. The van der Waals surface area contributed by atoms with Crippen LogP contribution in [0, 0.1) is 0 Å². The molecule has 0 amide bonds. The van der Waals surface area contributed by atoms with Gasteiger partial charge in [-0.15, -0.1) is 13.2 Å². The van der Waals surface area contributed by atoms with Crippen LogP contribution in [0.1, 0.15) is 11.1 Å². The number of hydrogen-bond acceptors (Lipinski definition) is 5. The van der Waals surface area contributed by atoms with Crippen molar-refractivity contribution >= 4 is 0 Å². The Morgan fingerprint density at radius 3 is 2.82 bits per heavy atom. The third-order valence-corrected chi connectivity index (χ3v) is 3.26. The first-order valence-corrected chi connectivity index (χ1v) is 6.44. The Kier molecular flexibility index (Phi) is 3.61. The molecule has 2 heterocycles. The van der Waals surface area contributed by atoms with Crippen LogP contribution in [-0.2, 0) is 17.8 Å². The van der Waals surface area contributed by atoms with E-state index >= 15 is 0 Å². The lowest BCUT2D eigenvalue weighted by Gasteiger charge is -2.18. The predicted molar refractivity (Wildman–Crippen MR) is 69.2 cm³/mol. The first-order valence-electron chi connectivity index (χ1n) is 6.44. The zero-order valence-corrected chi connectivity index (χ0v) is 11.2. The Bertz CT molecular complexity index is 704. The van der Waals surface area contributed by atoms with Crippen molar-refractivity contribution < 1.29 is 27.8 Å². The quantitative estimate of drug-likeness (QED) is 0.924. The largest absolute Gasteiger partial charge is 0.573 e. The van der Waals surface area contributed by atoms with Crippen LogP contribution in [0.2, 0.25) is 0 Å². The maximum Gasteiger partial charge on any atom is 0.573 e. The van der Waals surface area contributed by atoms with Crippen molar-refractivity contribution in [2.75, 3.05) is 6.61 Å². The highest BCUT2D eigenvalue weighted by Crippen LogP contribution is 2.36. The smallest absolute Gasteiger partial charge is 0.507 e. The van der Waals surface area contributed by atoms with Crippen LogP contribution in [-0.4, -0.2) is 28.3 Å². The van der Waals surface area contributed by atoms with E-state index in [1.807, 2.05) is 0 Å². The highest BCUT2D eigenvalue weighted by molar-refractivity contribution is 5.71. The molecule has 0 spiro atoms. The molecular formula is C14H11F3N2O3. The van der Waals surface area contributed by atoms with Crippen LogP contribution >= 0.6 is 0 Å². The van der Waals surface area contributed by atoms with Crippen molar-refractivity contribution in [2.45, 2.75) is 19.4 Å². The van der Waals surface area contributed by atoms with Gasteiger partial charge in [-0.25, -0.2) is 0 Å². The van der Waals surface area contributed by atoms with E-state index in [-0.39, 0.29) is 5.75 Å². The molecule has 1 aromatic carbocycles. The van der Waals surface area contributed by atoms with E-state index in [1.54, 1.807) is 6.20 Å². The maximum absolute atomic E-state index is 12.2. The van der Waals surface area contributed by atoms with Crippen LogP contribution in [0.5, 0.6) is 11.5 Å². The van der Waals surface area contributed by atoms with Crippen LogP contribution < -0.4 is 4.74 Å². The summed E-state index contributed by atoms with van der Waals surface area (Å²) in [5.74, 6) is -0.842. The summed E-state index contributed by atoms with van der Waals surface area (Å²) in [6, 6.07) is 3.36. The minimum atomic E-state index is -4.81. The Morgan fingerprint density at radius 2 is 2.09 bits per heavy atom. The van der Waals surface area contributed by atoms with Gasteiger partial charge in [0.1, 0.15) is 17.2 Å². The van der Waals surface area contributed by atoms with Gasteiger partial charge < -0.3 is 14.6 Å². The van der Waals surface area contributed by atoms with Gasteiger partial charge in [0.05, 0.1) is 19.4 Å². The molecule has 0 bridgehead atoms. The first-order chi connectivity index (χ1) is 10.4. The molecule has 3 rings (SSSR count). The van der Waals surface area contributed by atoms with Gasteiger partial charge >= 0.3 is 6.36 Å². The molecule has 2 aromatic rings. The van der Waals surface area contributed by atoms with Gasteiger partial charge in [-0.3, -0.25) is 0 Å². The molecule has 0 aliphatic carbocycles. The van der Waals surface area contributed by atoms with Gasteiger partial charge in [0.2, 0.25) is 0 Å². The normalized spacial score (nSPS) is 14.5. The average molecular weight is 312 g/mol. The van der Waals surface area contributed by atoms with E-state index in [9.17, 15) is 18.3 Å². The second-order valence-electron chi connectivity index (χ2n) is 4.73. The SMILES string of the molecule is Oc1cc(OC(F)(F)F)ccc1-c1nncc2c1CCOC2. The number of rotatable bonds is 2. The minimum Gasteiger partial charge on any atom is -0.507 e. The van der Waals surface area contributed by atoms with E-state index in [4.69, 9.17) is 4.74 Å². The Labute approximate surface area is 123 Å². The summed E-state index contributed by atoms with van der Waals surface area (Å²) in [5.41, 5.74) is 2.48. The molecule has 22 heavy (non-hydrogen) atoms. The van der Waals surface area contributed by atoms with Gasteiger partial charge in [-0.1, -0.05) is 0 Å². The molecule has 1 aliphatic rings. The molecule has 5 nitrogen and oxygen atoms in total. The number of nitrogens with zero attached hydrogens (tertiary/aromatic N) is 2. The average Bonchev–Trinajstić information content (AvgIpc) is 2.45. The third-order valence-electron chi connectivity index (χ3n) is 3.26. The van der Waals surface area contributed by atoms with E-state index in [2.05, 4.69) is 14.9 Å². The fourth-order valence-electron chi connectivity index (χ4n) is 2.33. The van der Waals surface area contributed by atoms with Gasteiger partial charge in [0.15, 0.2) is 0 Å². The minimum absolute atomic E-state index is 0.306. The fraction of sp³-hybridized carbons (Fsp3) is 0.286. The van der Waals surface area contributed by atoms with Crippen molar-refractivity contribution in [3.05, 3.63) is 35.5 Å². The van der Waals surface area contributed by atoms with E-state index in [1.165, 1.54) is 6.07 Å². The fourth-order valence-corrected chi connectivity index (χ4v) is 2.33. The third kappa shape index (κ3) is 2.96. The lowest BCUT2D eigenvalue weighted by atomic mass is 9.98. The number of hydrogen-bond donors (Lipinski definition) is 1. The monoisotopic (exact) mass is 312 g/mol. The number of aromatic hydroxyl groups is 1. The van der Waals surface area contributed by atoms with Crippen molar-refractivity contribution in [1.82, 2.24) is 10.2 Å². The first kappa shape index (κ1) is 14.6. The van der Waals surface area contributed by atoms with Gasteiger partial charge in [-0.2, -0.15) is 10.2 Å². The van der Waals surface area contributed by atoms with Crippen LogP contribution in [0.4, 0.5) is 13.2 Å². The van der Waals surface area contributed by atoms with Gasteiger partial charge in [-0.05, 0) is 24.1 Å². The topological polar surface area (TPSA) is 64.5 Å². The lowest BCUT2D eigenvalue weighted by molar-refractivity contribution is -0.274. The second-order valence-corrected chi connectivity index (χ2v) is 4.73. The molecule has 1 aliphatic heterocycles. The van der Waals surface area contributed by atoms with E-state index in [0.29, 0.717) is 30.9 Å². The molecule has 1 N–H and O–H groups in total. The Hall–Kier alpha value is -2.35. The van der Waals surface area contributed by atoms with Gasteiger partial charge in [0.25, 0.3) is 0 Å². The molecule has 0 saturated heterocycles. The summed E-state index contributed by atoms with van der Waals surface area (Å²) in [4.78, 5) is 0. The second kappa shape index (κ2) is 5.45. The number of fused-ring (bicyclic) bond motifs is 1. The predicted octanol–water partition coefficient (Wildman–Crippen LogP) is 2.82. The summed E-state index contributed by atoms with van der Waals surface area (Å²) in [7, 11) is 0. The Balaban J connectivity index is 1.99. The lowest BCUT2D eigenvalue weighted by Crippen LogP contribution is -2.17. The van der Waals surface area contributed by atoms with E-state index in [0.717, 1.165) is 23.3 Å². The molecule has 0 atom stereocenters. The standard InChI is InChI=1S/C14H11F3N2O3/c15-14(16,17)22-9-1-2-11(12(20)5-9)13-10-3-4-21-7-8(10)6-18-19-13/h1-2,5-6,20H,3-4,7H2. The number of ether oxygens (including phenoxy) is 2. The number of phenols is 1. The van der Waals surface area contributed by atoms with Crippen molar-refractivity contribution in [3.8, 4) is 22.8 Å². The molecule has 0 radical (unpaired) electrons. The zero-order chi connectivity index (χ0) is 15.7. The van der Waals surface area contributed by atoms with Crippen molar-refractivity contribution in [2.24, 2.45) is 0 Å². The molecule has 116 valence electrons. The summed E-state index contributed by atoms with van der Waals surface area (Å²) >= 11 is 0. The van der Waals surface area contributed by atoms with Gasteiger partial charge in [0, 0.05) is 17.2 Å². The molecular weight excluding hydrogens is 301 g/mol. The van der Waals surface area contributed by atoms with Crippen LogP contribution in [0.25, 0.3) is 11.3 Å². The molecule has 0 saturated carbocycles. The molecule has 0 unspecified atom stereocenters. The summed E-state index contributed by atoms with van der Waals surface area (Å²) in [6.45, 7) is 0.912. The number of phenolic OH excluding ortho intramolecular Hbond substituents is 1. The number of alkyl halides is 3. The highest BCUT2D eigenvalue weighted by Gasteiger charge is 2.31. The van der Waals surface area contributed by atoms with Crippen LogP contribution in [0.15, 0.2) is 24.4 Å². The number of aromatic nitrogens is 2. The van der Waals surface area contributed by atoms with Crippen molar-refractivity contribution in [1.29, 1.82) is 0 Å². The zero-order valence-electron chi connectivity index (χ0n) is 11.2. The Morgan fingerprint density at radius 1 is 1.27 bits per heavy atom. The number of halogens is 3. The summed E-state index contributed by atoms with van der Waals surface area (Å²) < 4.78 is 45.6. The van der Waals surface area contributed by atoms with Crippen LogP contribution in [0.3, 0.4) is 0 Å². The molecule has 1 aromatic heterocycles. The highest BCUT2D eigenvalue weighted by atomic mass is 19.4.